The first-order chi connectivity index (χ1) is 16.1. The number of allylic oxidation sites excluding steroid dienone is 2. The first kappa shape index (κ1) is 25.6. The van der Waals surface area contributed by atoms with Crippen LogP contribution in [0.25, 0.3) is 0 Å². The Balaban J connectivity index is 2.10. The SMILES string of the molecule is CC(=O)O[C@@H]1C2=C(C)C(=O)C[C@@](O)([C@@H](OC(C)=O)[C@H]3[C@@](C)(CC=C[C@@]34CO4)[C@H]1OC(C)=O)C2(C)C. The van der Waals surface area contributed by atoms with Crippen LogP contribution in [0.4, 0.5) is 0 Å². The Labute approximate surface area is 204 Å². The maximum absolute atomic E-state index is 13.3. The average molecular weight is 491 g/mol. The smallest absolute Gasteiger partial charge is 0.303 e. The van der Waals surface area contributed by atoms with Gasteiger partial charge < -0.3 is 24.1 Å². The van der Waals surface area contributed by atoms with Crippen LogP contribution in [0.5, 0.6) is 0 Å². The van der Waals surface area contributed by atoms with Crippen molar-refractivity contribution in [1.29, 1.82) is 0 Å². The predicted octanol–water partition coefficient (Wildman–Crippen LogP) is 2.19. The highest BCUT2D eigenvalue weighted by atomic mass is 16.6. The topological polar surface area (TPSA) is 129 Å². The number of carbonyl (C=O) groups is 4. The molecule has 0 aromatic heterocycles. The molecule has 2 bridgehead atoms. The fourth-order valence-electron chi connectivity index (χ4n) is 6.82. The zero-order valence-corrected chi connectivity index (χ0v) is 21.3. The summed E-state index contributed by atoms with van der Waals surface area (Å²) in [5.41, 5.74) is -4.25. The van der Waals surface area contributed by atoms with Crippen molar-refractivity contribution in [2.24, 2.45) is 16.7 Å². The van der Waals surface area contributed by atoms with Gasteiger partial charge in [0.1, 0.15) is 23.4 Å². The largest absolute Gasteiger partial charge is 0.459 e. The highest BCUT2D eigenvalue weighted by Gasteiger charge is 2.74. The van der Waals surface area contributed by atoms with Crippen LogP contribution in [-0.2, 0) is 38.1 Å². The number of fused-ring (bicyclic) bond motifs is 4. The molecule has 35 heavy (non-hydrogen) atoms. The summed E-state index contributed by atoms with van der Waals surface area (Å²) >= 11 is 0. The van der Waals surface area contributed by atoms with Crippen LogP contribution >= 0.6 is 0 Å². The fraction of sp³-hybridized carbons (Fsp3) is 0.692. The van der Waals surface area contributed by atoms with Gasteiger partial charge in [-0.1, -0.05) is 32.9 Å². The Bertz CT molecular complexity index is 1050. The normalized spacial score (nSPS) is 41.4. The molecule has 0 aromatic rings. The molecule has 2 fully saturated rings. The molecule has 192 valence electrons. The van der Waals surface area contributed by atoms with E-state index in [4.69, 9.17) is 18.9 Å². The van der Waals surface area contributed by atoms with Crippen molar-refractivity contribution >= 4 is 23.7 Å². The quantitative estimate of drug-likeness (QED) is 0.274. The van der Waals surface area contributed by atoms with Gasteiger partial charge >= 0.3 is 17.9 Å². The number of aliphatic hydroxyl groups is 1. The van der Waals surface area contributed by atoms with E-state index in [0.29, 0.717) is 24.2 Å². The molecule has 7 atom stereocenters. The summed E-state index contributed by atoms with van der Waals surface area (Å²) in [7, 11) is 0. The van der Waals surface area contributed by atoms with Crippen LogP contribution in [0, 0.1) is 16.7 Å². The highest BCUT2D eigenvalue weighted by Crippen LogP contribution is 2.64. The molecule has 1 aliphatic heterocycles. The molecule has 4 aliphatic rings. The van der Waals surface area contributed by atoms with Crippen molar-refractivity contribution < 1.29 is 43.2 Å². The Morgan fingerprint density at radius 3 is 2.06 bits per heavy atom. The van der Waals surface area contributed by atoms with E-state index >= 15 is 0 Å². The lowest BCUT2D eigenvalue weighted by Crippen LogP contribution is -2.71. The van der Waals surface area contributed by atoms with E-state index in [1.165, 1.54) is 20.8 Å². The zero-order valence-electron chi connectivity index (χ0n) is 21.3. The van der Waals surface area contributed by atoms with Gasteiger partial charge in [-0.05, 0) is 24.5 Å². The van der Waals surface area contributed by atoms with Gasteiger partial charge in [-0.3, -0.25) is 19.2 Å². The van der Waals surface area contributed by atoms with Gasteiger partial charge in [0.2, 0.25) is 0 Å². The number of Topliss-reactive ketones (excluding diaryl/α,β-unsaturated/α-hetero) is 1. The van der Waals surface area contributed by atoms with Gasteiger partial charge in [-0.25, -0.2) is 0 Å². The number of ketones is 1. The van der Waals surface area contributed by atoms with E-state index in [0.717, 1.165) is 0 Å². The number of hydrogen-bond acceptors (Lipinski definition) is 9. The van der Waals surface area contributed by atoms with Gasteiger partial charge in [0, 0.05) is 43.9 Å². The minimum Gasteiger partial charge on any atom is -0.459 e. The fourth-order valence-corrected chi connectivity index (χ4v) is 6.82. The third-order valence-corrected chi connectivity index (χ3v) is 8.54. The van der Waals surface area contributed by atoms with Crippen molar-refractivity contribution in [1.82, 2.24) is 0 Å². The second-order valence-corrected chi connectivity index (χ2v) is 11.1. The second kappa shape index (κ2) is 8.00. The van der Waals surface area contributed by atoms with Crippen LogP contribution in [0.2, 0.25) is 0 Å². The maximum Gasteiger partial charge on any atom is 0.303 e. The van der Waals surface area contributed by atoms with Gasteiger partial charge in [-0.15, -0.1) is 0 Å². The predicted molar refractivity (Wildman–Crippen MR) is 122 cm³/mol. The second-order valence-electron chi connectivity index (χ2n) is 11.1. The molecule has 1 spiro atoms. The minimum absolute atomic E-state index is 0.287. The molecule has 9 nitrogen and oxygen atoms in total. The van der Waals surface area contributed by atoms with E-state index in [2.05, 4.69) is 0 Å². The molecule has 0 aromatic carbocycles. The van der Waals surface area contributed by atoms with Gasteiger partial charge in [0.05, 0.1) is 6.61 Å². The first-order valence-corrected chi connectivity index (χ1v) is 11.9. The van der Waals surface area contributed by atoms with Gasteiger partial charge in [0.15, 0.2) is 11.9 Å². The molecular weight excluding hydrogens is 456 g/mol. The number of ether oxygens (including phenoxy) is 4. The molecule has 0 radical (unpaired) electrons. The molecule has 0 unspecified atom stereocenters. The van der Waals surface area contributed by atoms with E-state index in [-0.39, 0.29) is 12.2 Å². The summed E-state index contributed by atoms with van der Waals surface area (Å²) in [6.07, 6.45) is 0.516. The van der Waals surface area contributed by atoms with Crippen molar-refractivity contribution in [3.05, 3.63) is 23.3 Å². The van der Waals surface area contributed by atoms with Crippen LogP contribution in [0.3, 0.4) is 0 Å². The summed E-state index contributed by atoms with van der Waals surface area (Å²) in [5.74, 6) is -2.90. The van der Waals surface area contributed by atoms with E-state index in [9.17, 15) is 24.3 Å². The summed E-state index contributed by atoms with van der Waals surface area (Å²) < 4.78 is 23.6. The van der Waals surface area contributed by atoms with Crippen molar-refractivity contribution in [2.75, 3.05) is 6.61 Å². The van der Waals surface area contributed by atoms with Crippen molar-refractivity contribution in [3.8, 4) is 0 Å². The maximum atomic E-state index is 13.3. The number of epoxide rings is 1. The molecule has 0 amide bonds. The lowest BCUT2D eigenvalue weighted by Gasteiger charge is -2.61. The third-order valence-electron chi connectivity index (χ3n) is 8.54. The Morgan fingerprint density at radius 1 is 1.00 bits per heavy atom. The Kier molecular flexibility index (Phi) is 5.84. The van der Waals surface area contributed by atoms with E-state index in [1.54, 1.807) is 20.8 Å². The zero-order chi connectivity index (χ0) is 26.1. The third kappa shape index (κ3) is 3.66. The lowest BCUT2D eigenvalue weighted by molar-refractivity contribution is -0.241. The number of esters is 3. The average Bonchev–Trinajstić information content (AvgIpc) is 3.47. The van der Waals surface area contributed by atoms with E-state index < -0.39 is 64.2 Å². The summed E-state index contributed by atoms with van der Waals surface area (Å²) in [4.78, 5) is 50.5. The first-order valence-electron chi connectivity index (χ1n) is 11.9. The molecule has 1 N–H and O–H groups in total. The lowest BCUT2D eigenvalue weighted by atomic mass is 9.47. The standard InChI is InChI=1S/C26H34O9/c1-13-17(30)11-26(31)22(35-16(4)29)20-24(7,9-8-10-25(20)12-32-25)21(34-15(3)28)19(33-14(2)27)18(13)23(26,5)6/h8,10,19-22,31H,9,11-12H2,1-7H3/t19-,20+,21+,22+,24-,25-,26-/m1/s1. The Morgan fingerprint density at radius 2 is 1.54 bits per heavy atom. The molecule has 4 rings (SSSR count). The highest BCUT2D eigenvalue weighted by molar-refractivity contribution is 5.98. The Hall–Kier alpha value is -2.52. The molecule has 3 aliphatic carbocycles. The number of carbonyl (C=O) groups excluding carboxylic acids is 4. The van der Waals surface area contributed by atoms with Crippen LogP contribution in [0.15, 0.2) is 23.3 Å². The minimum atomic E-state index is -1.85. The van der Waals surface area contributed by atoms with Crippen molar-refractivity contribution in [2.45, 2.75) is 90.8 Å². The van der Waals surface area contributed by atoms with Crippen LogP contribution in [-0.4, -0.2) is 64.9 Å². The summed E-state index contributed by atoms with van der Waals surface area (Å²) in [5, 5.41) is 12.4. The van der Waals surface area contributed by atoms with Gasteiger partial charge in [-0.2, -0.15) is 0 Å². The molecule has 1 saturated heterocycles. The summed E-state index contributed by atoms with van der Waals surface area (Å²) in [6.45, 7) is 11.0. The summed E-state index contributed by atoms with van der Waals surface area (Å²) in [6, 6.07) is 0. The van der Waals surface area contributed by atoms with Crippen molar-refractivity contribution in [3.63, 3.8) is 0 Å². The molecule has 1 heterocycles. The molecule has 1 saturated carbocycles. The molecular formula is C26H34O9. The van der Waals surface area contributed by atoms with Crippen LogP contribution in [0.1, 0.15) is 61.3 Å². The van der Waals surface area contributed by atoms with Crippen LogP contribution < -0.4 is 0 Å². The monoisotopic (exact) mass is 490 g/mol. The number of hydrogen-bond donors (Lipinski definition) is 1. The van der Waals surface area contributed by atoms with E-state index in [1.807, 2.05) is 19.1 Å². The number of rotatable bonds is 3. The van der Waals surface area contributed by atoms with Gasteiger partial charge in [0.25, 0.3) is 0 Å². The molecule has 9 heteroatoms.